The zero-order chi connectivity index (χ0) is 15.8. The van der Waals surface area contributed by atoms with Crippen LogP contribution in [-0.2, 0) is 0 Å². The Labute approximate surface area is 136 Å². The van der Waals surface area contributed by atoms with Gasteiger partial charge < -0.3 is 14.3 Å². The summed E-state index contributed by atoms with van der Waals surface area (Å²) in [5.74, 6) is 1.72. The lowest BCUT2D eigenvalue weighted by Crippen LogP contribution is -2.10. The molecule has 7 heteroatoms. The molecule has 6 nitrogen and oxygen atoms in total. The Bertz CT molecular complexity index is 831. The van der Waals surface area contributed by atoms with Gasteiger partial charge in [0.15, 0.2) is 5.76 Å². The molecule has 0 bridgehead atoms. The Morgan fingerprint density at radius 3 is 3.00 bits per heavy atom. The number of anilines is 1. The van der Waals surface area contributed by atoms with E-state index in [-0.39, 0.29) is 11.7 Å². The molecule has 3 aromatic heterocycles. The maximum Gasteiger partial charge on any atom is 0.291 e. The first-order valence-electron chi connectivity index (χ1n) is 7.50. The maximum absolute atomic E-state index is 12.1. The van der Waals surface area contributed by atoms with E-state index in [4.69, 9.17) is 8.94 Å². The summed E-state index contributed by atoms with van der Waals surface area (Å²) in [4.78, 5) is 18.4. The average Bonchev–Trinajstić information content (AvgIpc) is 3.18. The van der Waals surface area contributed by atoms with E-state index in [0.717, 1.165) is 34.2 Å². The molecule has 1 N–H and O–H groups in total. The van der Waals surface area contributed by atoms with Crippen molar-refractivity contribution >= 4 is 22.9 Å². The number of rotatable bonds is 4. The third kappa shape index (κ3) is 2.68. The molecule has 0 radical (unpaired) electrons. The average molecular weight is 329 g/mol. The van der Waals surface area contributed by atoms with Gasteiger partial charge in [-0.25, -0.2) is 0 Å². The van der Waals surface area contributed by atoms with Crippen molar-refractivity contribution < 1.29 is 13.7 Å². The molecule has 23 heavy (non-hydrogen) atoms. The zero-order valence-electron chi connectivity index (χ0n) is 12.5. The fraction of sp³-hybridized carbons (Fsp3) is 0.312. The first-order chi connectivity index (χ1) is 11.2. The quantitative estimate of drug-likeness (QED) is 0.775. The van der Waals surface area contributed by atoms with Crippen LogP contribution in [0.2, 0.25) is 0 Å². The summed E-state index contributed by atoms with van der Waals surface area (Å²) >= 11 is 1.53. The van der Waals surface area contributed by atoms with Crippen LogP contribution in [0.5, 0.6) is 0 Å². The highest BCUT2D eigenvalue weighted by Gasteiger charge is 2.26. The number of hydrogen-bond donors (Lipinski definition) is 1. The zero-order valence-corrected chi connectivity index (χ0v) is 13.4. The van der Waals surface area contributed by atoms with E-state index in [1.807, 2.05) is 13.0 Å². The number of amides is 1. The van der Waals surface area contributed by atoms with E-state index < -0.39 is 0 Å². The molecule has 0 spiro atoms. The largest absolute Gasteiger partial charge is 0.459 e. The lowest BCUT2D eigenvalue weighted by atomic mass is 9.85. The number of nitrogens with zero attached hydrogens (tertiary/aromatic N) is 2. The Morgan fingerprint density at radius 2 is 2.30 bits per heavy atom. The van der Waals surface area contributed by atoms with Crippen molar-refractivity contribution in [2.24, 2.45) is 0 Å². The molecule has 3 heterocycles. The molecular weight excluding hydrogens is 314 g/mol. The van der Waals surface area contributed by atoms with Gasteiger partial charge in [-0.2, -0.15) is 4.98 Å². The third-order valence-electron chi connectivity index (χ3n) is 4.03. The summed E-state index contributed by atoms with van der Waals surface area (Å²) in [6.45, 7) is 1.94. The lowest BCUT2D eigenvalue weighted by molar-refractivity contribution is 0.0996. The van der Waals surface area contributed by atoms with E-state index in [1.54, 1.807) is 12.1 Å². The highest BCUT2D eigenvalue weighted by molar-refractivity contribution is 7.16. The molecule has 1 fully saturated rings. The van der Waals surface area contributed by atoms with Gasteiger partial charge in [-0.15, -0.1) is 11.3 Å². The minimum absolute atomic E-state index is 0.272. The number of carbonyl (C=O) groups is 1. The number of hydrogen-bond acceptors (Lipinski definition) is 6. The normalized spacial score (nSPS) is 14.7. The van der Waals surface area contributed by atoms with Crippen molar-refractivity contribution in [3.8, 4) is 10.7 Å². The van der Waals surface area contributed by atoms with E-state index >= 15 is 0 Å². The van der Waals surface area contributed by atoms with Crippen molar-refractivity contribution in [2.45, 2.75) is 32.1 Å². The molecule has 1 aliphatic carbocycles. The molecule has 0 aromatic carbocycles. The van der Waals surface area contributed by atoms with Gasteiger partial charge in [0, 0.05) is 10.8 Å². The van der Waals surface area contributed by atoms with E-state index in [2.05, 4.69) is 15.5 Å². The van der Waals surface area contributed by atoms with Crippen LogP contribution in [-0.4, -0.2) is 16.0 Å². The minimum atomic E-state index is -0.272. The highest BCUT2D eigenvalue weighted by Crippen LogP contribution is 2.38. The van der Waals surface area contributed by atoms with Gasteiger partial charge >= 0.3 is 0 Å². The topological polar surface area (TPSA) is 81.2 Å². The smallest absolute Gasteiger partial charge is 0.291 e. The van der Waals surface area contributed by atoms with Gasteiger partial charge in [0.2, 0.25) is 11.7 Å². The van der Waals surface area contributed by atoms with Crippen molar-refractivity contribution in [2.75, 3.05) is 5.32 Å². The predicted molar refractivity (Wildman–Crippen MR) is 85.6 cm³/mol. The van der Waals surface area contributed by atoms with Crippen LogP contribution in [0.3, 0.4) is 0 Å². The minimum Gasteiger partial charge on any atom is -0.459 e. The van der Waals surface area contributed by atoms with Gasteiger partial charge in [0.1, 0.15) is 0 Å². The van der Waals surface area contributed by atoms with Crippen LogP contribution in [0, 0.1) is 6.92 Å². The summed E-state index contributed by atoms with van der Waals surface area (Å²) in [6.07, 6.45) is 4.94. The van der Waals surface area contributed by atoms with Crippen LogP contribution < -0.4 is 5.32 Å². The van der Waals surface area contributed by atoms with Gasteiger partial charge in [-0.05, 0) is 38.0 Å². The second kappa shape index (κ2) is 5.66. The maximum atomic E-state index is 12.1. The first-order valence-corrected chi connectivity index (χ1v) is 8.31. The molecule has 1 aliphatic rings. The van der Waals surface area contributed by atoms with Crippen molar-refractivity contribution in [3.63, 3.8) is 0 Å². The number of aromatic nitrogens is 2. The Balaban J connectivity index is 1.54. The Kier molecular flexibility index (Phi) is 3.49. The molecule has 0 saturated heterocycles. The van der Waals surface area contributed by atoms with Gasteiger partial charge in [0.05, 0.1) is 16.8 Å². The van der Waals surface area contributed by atoms with E-state index in [1.165, 1.54) is 24.0 Å². The molecule has 118 valence electrons. The van der Waals surface area contributed by atoms with E-state index in [9.17, 15) is 4.79 Å². The number of furan rings is 1. The standard InChI is InChI=1S/C16H15N3O3S/c1-9-11(17-15(20)12-6-3-7-21-12)8-13(23-9)14-18-16(22-19-14)10-4-2-5-10/h3,6-8,10H,2,4-5H2,1H3,(H,17,20). The summed E-state index contributed by atoms with van der Waals surface area (Å²) in [6, 6.07) is 5.18. The van der Waals surface area contributed by atoms with Crippen LogP contribution in [0.1, 0.15) is 46.5 Å². The van der Waals surface area contributed by atoms with Crippen LogP contribution in [0.25, 0.3) is 10.7 Å². The molecule has 3 aromatic rings. The number of thiophene rings is 1. The summed E-state index contributed by atoms with van der Waals surface area (Å²) in [5, 5.41) is 6.91. The molecule has 1 amide bonds. The molecule has 0 atom stereocenters. The summed E-state index contributed by atoms with van der Waals surface area (Å²) in [5.41, 5.74) is 0.737. The number of carbonyl (C=O) groups excluding carboxylic acids is 1. The second-order valence-electron chi connectivity index (χ2n) is 5.60. The first kappa shape index (κ1) is 14.2. The van der Waals surface area contributed by atoms with Gasteiger partial charge in [-0.1, -0.05) is 11.6 Å². The molecule has 0 unspecified atom stereocenters. The van der Waals surface area contributed by atoms with Crippen molar-refractivity contribution in [1.29, 1.82) is 0 Å². The molecular formula is C16H15N3O3S. The van der Waals surface area contributed by atoms with Crippen LogP contribution in [0.15, 0.2) is 33.4 Å². The van der Waals surface area contributed by atoms with Gasteiger partial charge in [-0.3, -0.25) is 4.79 Å². The lowest BCUT2D eigenvalue weighted by Gasteiger charge is -2.20. The Morgan fingerprint density at radius 1 is 1.43 bits per heavy atom. The monoisotopic (exact) mass is 329 g/mol. The Hall–Kier alpha value is -2.41. The summed E-state index contributed by atoms with van der Waals surface area (Å²) < 4.78 is 10.5. The molecule has 1 saturated carbocycles. The van der Waals surface area contributed by atoms with Crippen LogP contribution >= 0.6 is 11.3 Å². The molecule has 4 rings (SSSR count). The summed E-state index contributed by atoms with van der Waals surface area (Å²) in [7, 11) is 0. The second-order valence-corrected chi connectivity index (χ2v) is 6.85. The SMILES string of the molecule is Cc1sc(-c2noc(C3CCC3)n2)cc1NC(=O)c1ccco1. The number of aryl methyl sites for hydroxylation is 1. The van der Waals surface area contributed by atoms with Gasteiger partial charge in [0.25, 0.3) is 5.91 Å². The van der Waals surface area contributed by atoms with Crippen molar-refractivity contribution in [3.05, 3.63) is 41.0 Å². The third-order valence-corrected chi connectivity index (χ3v) is 5.07. The highest BCUT2D eigenvalue weighted by atomic mass is 32.1. The predicted octanol–water partition coefficient (Wildman–Crippen LogP) is 4.22. The van der Waals surface area contributed by atoms with E-state index in [0.29, 0.717) is 11.7 Å². The van der Waals surface area contributed by atoms with Crippen molar-refractivity contribution in [1.82, 2.24) is 10.1 Å². The molecule has 0 aliphatic heterocycles. The fourth-order valence-corrected chi connectivity index (χ4v) is 3.37. The fourth-order valence-electron chi connectivity index (χ4n) is 2.46. The van der Waals surface area contributed by atoms with Crippen LogP contribution in [0.4, 0.5) is 5.69 Å². The number of nitrogens with one attached hydrogen (secondary N) is 1.